The summed E-state index contributed by atoms with van der Waals surface area (Å²) in [5.41, 5.74) is 5.46. The molecule has 1 fully saturated rings. The van der Waals surface area contributed by atoms with E-state index in [1.165, 1.54) is 37.7 Å². The van der Waals surface area contributed by atoms with Gasteiger partial charge in [-0.1, -0.05) is 24.8 Å². The van der Waals surface area contributed by atoms with Gasteiger partial charge in [-0.3, -0.25) is 5.43 Å². The van der Waals surface area contributed by atoms with Crippen molar-refractivity contribution in [1.29, 1.82) is 0 Å². The lowest BCUT2D eigenvalue weighted by Gasteiger charge is -2.23. The van der Waals surface area contributed by atoms with Crippen LogP contribution < -0.4 is 10.7 Å². The zero-order valence-corrected chi connectivity index (χ0v) is 11.3. The summed E-state index contributed by atoms with van der Waals surface area (Å²) in [6, 6.07) is 0.546. The Morgan fingerprint density at radius 3 is 2.71 bits per heavy atom. The SMILES string of the molecule is CC1=C/C(=N\NC(=S)NC2CCCCC2)CC1. The van der Waals surface area contributed by atoms with Gasteiger partial charge in [0.05, 0.1) is 5.71 Å². The number of hydrogen-bond donors (Lipinski definition) is 2. The fourth-order valence-corrected chi connectivity index (χ4v) is 2.64. The smallest absolute Gasteiger partial charge is 0.187 e. The van der Waals surface area contributed by atoms with Gasteiger partial charge in [-0.15, -0.1) is 0 Å². The highest BCUT2D eigenvalue weighted by molar-refractivity contribution is 7.80. The summed E-state index contributed by atoms with van der Waals surface area (Å²) in [5.74, 6) is 0. The highest BCUT2D eigenvalue weighted by Crippen LogP contribution is 2.17. The summed E-state index contributed by atoms with van der Waals surface area (Å²) in [4.78, 5) is 0. The largest absolute Gasteiger partial charge is 0.359 e. The van der Waals surface area contributed by atoms with Crippen molar-refractivity contribution in [3.8, 4) is 0 Å². The van der Waals surface area contributed by atoms with Crippen LogP contribution in [0.3, 0.4) is 0 Å². The molecule has 0 heterocycles. The van der Waals surface area contributed by atoms with E-state index in [0.29, 0.717) is 11.2 Å². The molecule has 3 nitrogen and oxygen atoms in total. The summed E-state index contributed by atoms with van der Waals surface area (Å²) in [7, 11) is 0. The number of rotatable bonds is 2. The Morgan fingerprint density at radius 1 is 1.29 bits per heavy atom. The molecule has 94 valence electrons. The average Bonchev–Trinajstić information content (AvgIpc) is 2.74. The average molecular weight is 251 g/mol. The summed E-state index contributed by atoms with van der Waals surface area (Å²) in [6.07, 6.45) is 10.8. The van der Waals surface area contributed by atoms with Gasteiger partial charge in [0.1, 0.15) is 0 Å². The Hall–Kier alpha value is -0.900. The Morgan fingerprint density at radius 2 is 2.06 bits per heavy atom. The van der Waals surface area contributed by atoms with Gasteiger partial charge in [0.25, 0.3) is 0 Å². The Labute approximate surface area is 109 Å². The van der Waals surface area contributed by atoms with Crippen molar-refractivity contribution in [1.82, 2.24) is 10.7 Å². The Kier molecular flexibility index (Phi) is 4.54. The van der Waals surface area contributed by atoms with E-state index in [0.717, 1.165) is 18.6 Å². The maximum Gasteiger partial charge on any atom is 0.187 e. The first-order valence-corrected chi connectivity index (χ1v) is 6.95. The van der Waals surface area contributed by atoms with Crippen molar-refractivity contribution < 1.29 is 0 Å². The molecule has 0 unspecified atom stereocenters. The lowest BCUT2D eigenvalue weighted by molar-refractivity contribution is 0.412. The van der Waals surface area contributed by atoms with Gasteiger partial charge < -0.3 is 5.32 Å². The van der Waals surface area contributed by atoms with Crippen LogP contribution in [0.25, 0.3) is 0 Å². The molecule has 1 saturated carbocycles. The molecular weight excluding hydrogens is 230 g/mol. The first-order chi connectivity index (χ1) is 8.24. The van der Waals surface area contributed by atoms with Crippen LogP contribution in [0.5, 0.6) is 0 Å². The number of nitrogens with one attached hydrogen (secondary N) is 2. The van der Waals surface area contributed by atoms with Crippen molar-refractivity contribution in [2.24, 2.45) is 5.10 Å². The lowest BCUT2D eigenvalue weighted by atomic mass is 9.96. The number of allylic oxidation sites excluding steroid dienone is 2. The molecule has 17 heavy (non-hydrogen) atoms. The van der Waals surface area contributed by atoms with E-state index in [1.54, 1.807) is 0 Å². The van der Waals surface area contributed by atoms with Gasteiger partial charge in [-0.05, 0) is 50.9 Å². The number of hydrazone groups is 1. The van der Waals surface area contributed by atoms with Crippen LogP contribution in [0.4, 0.5) is 0 Å². The molecule has 0 aliphatic heterocycles. The Bertz CT molecular complexity index is 341. The topological polar surface area (TPSA) is 36.4 Å². The summed E-state index contributed by atoms with van der Waals surface area (Å²) in [6.45, 7) is 2.14. The molecular formula is C13H21N3S. The lowest BCUT2D eigenvalue weighted by Crippen LogP contribution is -2.41. The number of nitrogens with zero attached hydrogens (tertiary/aromatic N) is 1. The normalized spacial score (nSPS) is 23.6. The second kappa shape index (κ2) is 6.15. The van der Waals surface area contributed by atoms with E-state index in [2.05, 4.69) is 28.8 Å². The van der Waals surface area contributed by atoms with Crippen molar-refractivity contribution in [2.45, 2.75) is 57.9 Å². The molecule has 2 rings (SSSR count). The van der Waals surface area contributed by atoms with Gasteiger partial charge in [0.15, 0.2) is 5.11 Å². The van der Waals surface area contributed by atoms with Gasteiger partial charge >= 0.3 is 0 Å². The predicted octanol–water partition coefficient (Wildman–Crippen LogP) is 2.88. The van der Waals surface area contributed by atoms with Crippen LogP contribution in [-0.2, 0) is 0 Å². The molecule has 2 N–H and O–H groups in total. The third-order valence-electron chi connectivity index (χ3n) is 3.43. The summed E-state index contributed by atoms with van der Waals surface area (Å²) < 4.78 is 0. The molecule has 0 spiro atoms. The molecule has 0 radical (unpaired) electrons. The van der Waals surface area contributed by atoms with Gasteiger partial charge in [0, 0.05) is 6.04 Å². The fourth-order valence-electron chi connectivity index (χ4n) is 2.43. The number of thiocarbonyl (C=S) groups is 1. The van der Waals surface area contributed by atoms with E-state index < -0.39 is 0 Å². The first kappa shape index (κ1) is 12.6. The van der Waals surface area contributed by atoms with Crippen molar-refractivity contribution in [3.63, 3.8) is 0 Å². The molecule has 0 aromatic carbocycles. The van der Waals surface area contributed by atoms with E-state index >= 15 is 0 Å². The second-order valence-electron chi connectivity index (χ2n) is 5.01. The molecule has 0 bridgehead atoms. The first-order valence-electron chi connectivity index (χ1n) is 6.54. The number of hydrogen-bond acceptors (Lipinski definition) is 2. The molecule has 0 atom stereocenters. The van der Waals surface area contributed by atoms with Crippen molar-refractivity contribution in [3.05, 3.63) is 11.6 Å². The summed E-state index contributed by atoms with van der Waals surface area (Å²) in [5, 5.41) is 8.34. The minimum Gasteiger partial charge on any atom is -0.359 e. The molecule has 4 heteroatoms. The van der Waals surface area contributed by atoms with Gasteiger partial charge in [-0.25, -0.2) is 0 Å². The molecule has 2 aliphatic carbocycles. The van der Waals surface area contributed by atoms with Crippen LogP contribution >= 0.6 is 12.2 Å². The monoisotopic (exact) mass is 251 g/mol. The van der Waals surface area contributed by atoms with Gasteiger partial charge in [0.2, 0.25) is 0 Å². The second-order valence-corrected chi connectivity index (χ2v) is 5.42. The molecule has 2 aliphatic rings. The van der Waals surface area contributed by atoms with E-state index in [9.17, 15) is 0 Å². The van der Waals surface area contributed by atoms with E-state index in [4.69, 9.17) is 12.2 Å². The minimum absolute atomic E-state index is 0.546. The van der Waals surface area contributed by atoms with Gasteiger partial charge in [-0.2, -0.15) is 5.10 Å². The molecule has 0 saturated heterocycles. The molecule has 0 amide bonds. The standard InChI is InChI=1S/C13H21N3S/c1-10-7-8-12(9-10)15-16-13(17)14-11-5-3-2-4-6-11/h9,11H,2-8H2,1H3,(H2,14,16,17)/b15-12-. The maximum atomic E-state index is 5.25. The third kappa shape index (κ3) is 4.11. The maximum absolute atomic E-state index is 5.25. The van der Waals surface area contributed by atoms with E-state index in [1.807, 2.05) is 0 Å². The van der Waals surface area contributed by atoms with Crippen LogP contribution in [0.2, 0.25) is 0 Å². The van der Waals surface area contributed by atoms with Crippen LogP contribution in [0.15, 0.2) is 16.8 Å². The molecule has 0 aromatic rings. The zero-order valence-electron chi connectivity index (χ0n) is 10.5. The highest BCUT2D eigenvalue weighted by Gasteiger charge is 2.13. The Balaban J connectivity index is 1.73. The third-order valence-corrected chi connectivity index (χ3v) is 3.64. The van der Waals surface area contributed by atoms with Crippen LogP contribution in [-0.4, -0.2) is 16.9 Å². The zero-order chi connectivity index (χ0) is 12.1. The van der Waals surface area contributed by atoms with Crippen LogP contribution in [0, 0.1) is 0 Å². The highest BCUT2D eigenvalue weighted by atomic mass is 32.1. The van der Waals surface area contributed by atoms with Crippen molar-refractivity contribution >= 4 is 23.0 Å². The van der Waals surface area contributed by atoms with Crippen LogP contribution in [0.1, 0.15) is 51.9 Å². The molecule has 0 aromatic heterocycles. The summed E-state index contributed by atoms with van der Waals surface area (Å²) >= 11 is 5.25. The predicted molar refractivity (Wildman–Crippen MR) is 76.2 cm³/mol. The van der Waals surface area contributed by atoms with Crippen molar-refractivity contribution in [2.75, 3.05) is 0 Å². The quantitative estimate of drug-likeness (QED) is 0.585. The fraction of sp³-hybridized carbons (Fsp3) is 0.692. The minimum atomic E-state index is 0.546. The van der Waals surface area contributed by atoms with E-state index in [-0.39, 0.29) is 0 Å².